The number of aryl methyl sites for hydroxylation is 2. The summed E-state index contributed by atoms with van der Waals surface area (Å²) in [6.07, 6.45) is 0.439. The summed E-state index contributed by atoms with van der Waals surface area (Å²) in [7, 11) is 1.32. The van der Waals surface area contributed by atoms with Gasteiger partial charge < -0.3 is 14.8 Å². The smallest absolute Gasteiger partial charge is 0.307 e. The summed E-state index contributed by atoms with van der Waals surface area (Å²) < 4.78 is 10.1. The van der Waals surface area contributed by atoms with Crippen LogP contribution in [0.5, 0.6) is 5.75 Å². The maximum absolute atomic E-state index is 11.5. The zero-order chi connectivity index (χ0) is 15.0. The van der Waals surface area contributed by atoms with Crippen LogP contribution in [0.2, 0.25) is 0 Å². The largest absolute Gasteiger partial charge is 0.493 e. The van der Waals surface area contributed by atoms with E-state index in [0.717, 1.165) is 16.9 Å². The molecule has 1 aromatic rings. The Bertz CT molecular complexity index is 471. The van der Waals surface area contributed by atoms with Crippen molar-refractivity contribution in [1.29, 1.82) is 0 Å². The normalized spacial score (nSPS) is 9.95. The van der Waals surface area contributed by atoms with E-state index in [1.54, 1.807) is 0 Å². The summed E-state index contributed by atoms with van der Waals surface area (Å²) in [6.45, 7) is 4.56. The van der Waals surface area contributed by atoms with Crippen LogP contribution < -0.4 is 10.1 Å². The first-order valence-electron chi connectivity index (χ1n) is 6.56. The molecule has 0 radical (unpaired) electrons. The van der Waals surface area contributed by atoms with Gasteiger partial charge in [0.2, 0.25) is 5.91 Å². The number of carbonyl (C=O) groups is 2. The molecule has 0 aliphatic heterocycles. The third kappa shape index (κ3) is 5.73. The van der Waals surface area contributed by atoms with Crippen molar-refractivity contribution in [3.63, 3.8) is 0 Å². The van der Waals surface area contributed by atoms with Crippen LogP contribution in [-0.2, 0) is 14.3 Å². The molecule has 1 amide bonds. The van der Waals surface area contributed by atoms with Gasteiger partial charge in [0.15, 0.2) is 0 Å². The van der Waals surface area contributed by atoms with Crippen LogP contribution in [0.4, 0.5) is 0 Å². The molecule has 0 saturated heterocycles. The molecule has 0 saturated carbocycles. The van der Waals surface area contributed by atoms with E-state index in [1.165, 1.54) is 7.11 Å². The Labute approximate surface area is 119 Å². The lowest BCUT2D eigenvalue weighted by atomic mass is 10.1. The van der Waals surface area contributed by atoms with Gasteiger partial charge in [0, 0.05) is 6.54 Å². The van der Waals surface area contributed by atoms with Crippen molar-refractivity contribution in [3.8, 4) is 5.75 Å². The minimum atomic E-state index is -0.336. The molecule has 0 spiro atoms. The predicted octanol–water partition coefficient (Wildman–Crippen LogP) is 1.75. The first kappa shape index (κ1) is 16.0. The lowest BCUT2D eigenvalue weighted by Gasteiger charge is -2.10. The summed E-state index contributed by atoms with van der Waals surface area (Å²) in [5.74, 6) is 0.323. The van der Waals surface area contributed by atoms with Crippen LogP contribution in [0, 0.1) is 13.8 Å². The van der Waals surface area contributed by atoms with Crippen molar-refractivity contribution in [3.05, 3.63) is 29.3 Å². The molecule has 0 aliphatic rings. The molecule has 0 atom stereocenters. The van der Waals surface area contributed by atoms with Crippen molar-refractivity contribution in [2.24, 2.45) is 0 Å². The topological polar surface area (TPSA) is 64.6 Å². The summed E-state index contributed by atoms with van der Waals surface area (Å²) in [5.41, 5.74) is 2.16. The molecule has 0 bridgehead atoms. The number of rotatable bonds is 7. The first-order valence-corrected chi connectivity index (χ1v) is 6.56. The van der Waals surface area contributed by atoms with Gasteiger partial charge in [-0.2, -0.15) is 0 Å². The van der Waals surface area contributed by atoms with Crippen LogP contribution in [0.1, 0.15) is 24.0 Å². The highest BCUT2D eigenvalue weighted by atomic mass is 16.5. The van der Waals surface area contributed by atoms with E-state index >= 15 is 0 Å². The number of amides is 1. The highest BCUT2D eigenvalue weighted by Crippen LogP contribution is 2.19. The molecule has 5 nitrogen and oxygen atoms in total. The van der Waals surface area contributed by atoms with Gasteiger partial charge in [0.25, 0.3) is 0 Å². The second-order valence-electron chi connectivity index (χ2n) is 4.54. The maximum atomic E-state index is 11.5. The van der Waals surface area contributed by atoms with Gasteiger partial charge in [-0.15, -0.1) is 0 Å². The van der Waals surface area contributed by atoms with Crippen LogP contribution in [-0.4, -0.2) is 32.1 Å². The van der Waals surface area contributed by atoms with Crippen LogP contribution >= 0.6 is 0 Å². The summed E-state index contributed by atoms with van der Waals surface area (Å²) >= 11 is 0. The Balaban J connectivity index is 2.25. The SMILES string of the molecule is COC(=O)CCNC(=O)CCOc1cc(C)ccc1C. The highest BCUT2D eigenvalue weighted by Gasteiger charge is 2.05. The monoisotopic (exact) mass is 279 g/mol. The van der Waals surface area contributed by atoms with Gasteiger partial charge in [0.1, 0.15) is 5.75 Å². The molecular weight excluding hydrogens is 258 g/mol. The molecule has 0 aromatic heterocycles. The minimum absolute atomic E-state index is 0.140. The number of ether oxygens (including phenoxy) is 2. The van der Waals surface area contributed by atoms with E-state index in [2.05, 4.69) is 10.1 Å². The van der Waals surface area contributed by atoms with Crippen molar-refractivity contribution < 1.29 is 19.1 Å². The molecule has 1 rings (SSSR count). The zero-order valence-electron chi connectivity index (χ0n) is 12.2. The fourth-order valence-corrected chi connectivity index (χ4v) is 1.61. The predicted molar refractivity (Wildman–Crippen MR) is 75.7 cm³/mol. The van der Waals surface area contributed by atoms with Crippen molar-refractivity contribution >= 4 is 11.9 Å². The standard InChI is InChI=1S/C15H21NO4/c1-11-4-5-12(2)13(10-11)20-9-7-14(17)16-8-6-15(18)19-3/h4-5,10H,6-9H2,1-3H3,(H,16,17). The van der Waals surface area contributed by atoms with Gasteiger partial charge >= 0.3 is 5.97 Å². The molecule has 5 heteroatoms. The average Bonchev–Trinajstić information content (AvgIpc) is 2.42. The van der Waals surface area contributed by atoms with Gasteiger partial charge in [-0.3, -0.25) is 9.59 Å². The van der Waals surface area contributed by atoms with Crippen molar-refractivity contribution in [2.45, 2.75) is 26.7 Å². The molecule has 20 heavy (non-hydrogen) atoms. The lowest BCUT2D eigenvalue weighted by molar-refractivity contribution is -0.140. The Morgan fingerprint density at radius 2 is 1.95 bits per heavy atom. The fraction of sp³-hybridized carbons (Fsp3) is 0.467. The molecule has 0 heterocycles. The molecule has 1 N–H and O–H groups in total. The average molecular weight is 279 g/mol. The molecule has 0 aliphatic carbocycles. The Morgan fingerprint density at radius 3 is 2.65 bits per heavy atom. The second kappa shape index (κ2) is 8.19. The maximum Gasteiger partial charge on any atom is 0.307 e. The van der Waals surface area contributed by atoms with Gasteiger partial charge in [-0.05, 0) is 31.0 Å². The van der Waals surface area contributed by atoms with Crippen molar-refractivity contribution in [1.82, 2.24) is 5.32 Å². The molecule has 1 aromatic carbocycles. The summed E-state index contributed by atoms with van der Waals surface area (Å²) in [5, 5.41) is 2.64. The number of carbonyl (C=O) groups excluding carboxylic acids is 2. The highest BCUT2D eigenvalue weighted by molar-refractivity contribution is 5.77. The van der Waals surface area contributed by atoms with E-state index < -0.39 is 0 Å². The third-order valence-electron chi connectivity index (χ3n) is 2.81. The quantitative estimate of drug-likeness (QED) is 0.772. The Kier molecular flexibility index (Phi) is 6.56. The molecular formula is C15H21NO4. The van der Waals surface area contributed by atoms with E-state index in [1.807, 2.05) is 32.0 Å². The van der Waals surface area contributed by atoms with Crippen LogP contribution in [0.25, 0.3) is 0 Å². The van der Waals surface area contributed by atoms with E-state index in [9.17, 15) is 9.59 Å². The lowest BCUT2D eigenvalue weighted by Crippen LogP contribution is -2.27. The van der Waals surface area contributed by atoms with Crippen LogP contribution in [0.3, 0.4) is 0 Å². The van der Waals surface area contributed by atoms with Crippen molar-refractivity contribution in [2.75, 3.05) is 20.3 Å². The molecule has 110 valence electrons. The van der Waals surface area contributed by atoms with Gasteiger partial charge in [-0.25, -0.2) is 0 Å². The Morgan fingerprint density at radius 1 is 1.20 bits per heavy atom. The fourth-order valence-electron chi connectivity index (χ4n) is 1.61. The third-order valence-corrected chi connectivity index (χ3v) is 2.81. The minimum Gasteiger partial charge on any atom is -0.493 e. The number of hydrogen-bond donors (Lipinski definition) is 1. The van der Waals surface area contributed by atoms with Gasteiger partial charge in [-0.1, -0.05) is 12.1 Å². The van der Waals surface area contributed by atoms with Gasteiger partial charge in [0.05, 0.1) is 26.6 Å². The van der Waals surface area contributed by atoms with E-state index in [0.29, 0.717) is 6.61 Å². The molecule has 0 fully saturated rings. The first-order chi connectivity index (χ1) is 9.52. The number of hydrogen-bond acceptors (Lipinski definition) is 4. The Hall–Kier alpha value is -2.04. The summed E-state index contributed by atoms with van der Waals surface area (Å²) in [6, 6.07) is 5.95. The number of nitrogens with one attached hydrogen (secondary N) is 1. The second-order valence-corrected chi connectivity index (χ2v) is 4.54. The zero-order valence-corrected chi connectivity index (χ0v) is 12.2. The van der Waals surface area contributed by atoms with Crippen LogP contribution in [0.15, 0.2) is 18.2 Å². The van der Waals surface area contributed by atoms with E-state index in [-0.39, 0.29) is 31.3 Å². The molecule has 0 unspecified atom stereocenters. The number of benzene rings is 1. The number of methoxy groups -OCH3 is 1. The summed E-state index contributed by atoms with van der Waals surface area (Å²) in [4.78, 5) is 22.4. The number of esters is 1. The van der Waals surface area contributed by atoms with E-state index in [4.69, 9.17) is 4.74 Å².